The summed E-state index contributed by atoms with van der Waals surface area (Å²) in [7, 11) is 0. The number of alkyl halides is 3. The van der Waals surface area contributed by atoms with Gasteiger partial charge in [0.15, 0.2) is 5.78 Å². The Labute approximate surface area is 208 Å². The molecule has 1 fully saturated rings. The van der Waals surface area contributed by atoms with Crippen molar-refractivity contribution in [1.82, 2.24) is 10.3 Å². The van der Waals surface area contributed by atoms with Crippen LogP contribution in [0.2, 0.25) is 5.02 Å². The molecule has 2 N–H and O–H groups in total. The molecule has 2 heterocycles. The summed E-state index contributed by atoms with van der Waals surface area (Å²) in [6, 6.07) is 10.2. The molecule has 6 nitrogen and oxygen atoms in total. The number of hydrogen-bond donors (Lipinski definition) is 2. The fraction of sp³-hybridized carbons (Fsp3) is 0.292. The summed E-state index contributed by atoms with van der Waals surface area (Å²) in [5.41, 5.74) is 0.851. The Hall–Kier alpha value is -2.95. The molecule has 2 aromatic carbocycles. The van der Waals surface area contributed by atoms with Crippen LogP contribution in [-0.4, -0.2) is 29.9 Å². The molecule has 0 unspecified atom stereocenters. The van der Waals surface area contributed by atoms with E-state index in [1.807, 2.05) is 0 Å². The largest absolute Gasteiger partial charge is 0.418 e. The number of rotatable bonds is 8. The molecule has 0 saturated carbocycles. The highest BCUT2D eigenvalue weighted by molar-refractivity contribution is 7.11. The Morgan fingerprint density at radius 3 is 2.57 bits per heavy atom. The molecule has 1 aliphatic rings. The molecule has 0 bridgehead atoms. The lowest BCUT2D eigenvalue weighted by molar-refractivity contribution is -0.137. The molecule has 1 amide bonds. The van der Waals surface area contributed by atoms with Crippen molar-refractivity contribution < 1.29 is 27.5 Å². The van der Waals surface area contributed by atoms with Crippen LogP contribution in [-0.2, 0) is 22.3 Å². The molecule has 35 heavy (non-hydrogen) atoms. The molecule has 0 radical (unpaired) electrons. The molecule has 1 aliphatic heterocycles. The van der Waals surface area contributed by atoms with Crippen LogP contribution in [0.4, 0.5) is 24.5 Å². The second-order valence-corrected chi connectivity index (χ2v) is 9.56. The van der Waals surface area contributed by atoms with Crippen LogP contribution in [0, 0.1) is 5.41 Å². The first-order valence-corrected chi connectivity index (χ1v) is 11.9. The number of hydrogen-bond acceptors (Lipinski definition) is 6. The van der Waals surface area contributed by atoms with Gasteiger partial charge >= 0.3 is 6.18 Å². The first kappa shape index (κ1) is 25.2. The third-order valence-corrected chi connectivity index (χ3v) is 6.81. The van der Waals surface area contributed by atoms with Gasteiger partial charge in [0.05, 0.1) is 33.7 Å². The lowest BCUT2D eigenvalue weighted by atomic mass is 9.81. The third kappa shape index (κ3) is 6.01. The van der Waals surface area contributed by atoms with Crippen LogP contribution in [0.3, 0.4) is 0 Å². The van der Waals surface area contributed by atoms with Crippen molar-refractivity contribution in [2.75, 3.05) is 18.5 Å². The molecule has 3 aromatic rings. The molecule has 1 saturated heterocycles. The summed E-state index contributed by atoms with van der Waals surface area (Å²) >= 11 is 6.96. The zero-order chi connectivity index (χ0) is 25.1. The fourth-order valence-corrected chi connectivity index (χ4v) is 4.58. The predicted octanol–water partition coefficient (Wildman–Crippen LogP) is 5.85. The molecular formula is C24H21ClF3N3O3S. The lowest BCUT2D eigenvalue weighted by Gasteiger charge is -2.25. The molecular weight excluding hydrogens is 503 g/mol. The summed E-state index contributed by atoms with van der Waals surface area (Å²) in [5.74, 6) is -0.421. The van der Waals surface area contributed by atoms with Crippen LogP contribution in [0.15, 0.2) is 54.2 Å². The van der Waals surface area contributed by atoms with Gasteiger partial charge in [-0.05, 0) is 42.3 Å². The maximum atomic E-state index is 13.3. The topological polar surface area (TPSA) is 80.3 Å². The third-order valence-electron chi connectivity index (χ3n) is 5.76. The molecule has 4 rings (SSSR count). The smallest absolute Gasteiger partial charge is 0.380 e. The average molecular weight is 524 g/mol. The number of amides is 1. The summed E-state index contributed by atoms with van der Waals surface area (Å²) in [6.45, 7) is 0.758. The number of aromatic nitrogens is 1. The number of carbonyl (C=O) groups excluding carboxylic acids is 2. The number of nitrogens with zero attached hydrogens (tertiary/aromatic N) is 1. The summed E-state index contributed by atoms with van der Waals surface area (Å²) in [6.07, 6.45) is -2.59. The first-order chi connectivity index (χ1) is 16.7. The standard InChI is InChI=1S/C24H21ClF3N3O3S/c25-16-3-6-19(18(9-16)24(26,27)28)31-17-4-1-15(2-5-17)11-30-22(33)23(7-8-34-13-23)10-20(32)21-12-29-14-35-21/h1-6,9,12,14,31H,7-8,10-11,13H2,(H,30,33)/t23-/m0/s1. The van der Waals surface area contributed by atoms with Gasteiger partial charge in [0, 0.05) is 36.5 Å². The Morgan fingerprint density at radius 1 is 1.17 bits per heavy atom. The van der Waals surface area contributed by atoms with E-state index in [1.165, 1.54) is 29.7 Å². The quantitative estimate of drug-likeness (QED) is 0.362. The SMILES string of the molecule is O=C(C[C@@]1(C(=O)NCc2ccc(Nc3ccc(Cl)cc3C(F)(F)F)cc2)CCOC1)c1cncs1. The average Bonchev–Trinajstić information content (AvgIpc) is 3.52. The van der Waals surface area contributed by atoms with Crippen molar-refractivity contribution in [3.63, 3.8) is 0 Å². The van der Waals surface area contributed by atoms with E-state index in [2.05, 4.69) is 15.6 Å². The summed E-state index contributed by atoms with van der Waals surface area (Å²) in [4.78, 5) is 30.0. The molecule has 0 spiro atoms. The number of ether oxygens (including phenoxy) is 1. The molecule has 1 atom stereocenters. The minimum atomic E-state index is -4.56. The highest BCUT2D eigenvalue weighted by Crippen LogP contribution is 2.38. The minimum Gasteiger partial charge on any atom is -0.380 e. The molecule has 1 aromatic heterocycles. The van der Waals surface area contributed by atoms with E-state index in [4.69, 9.17) is 16.3 Å². The zero-order valence-electron chi connectivity index (χ0n) is 18.3. The van der Waals surface area contributed by atoms with Crippen molar-refractivity contribution in [1.29, 1.82) is 0 Å². The van der Waals surface area contributed by atoms with E-state index in [9.17, 15) is 22.8 Å². The fourth-order valence-electron chi connectivity index (χ4n) is 3.85. The maximum absolute atomic E-state index is 13.3. The van der Waals surface area contributed by atoms with E-state index in [0.29, 0.717) is 23.6 Å². The second kappa shape index (κ2) is 10.3. The maximum Gasteiger partial charge on any atom is 0.418 e. The van der Waals surface area contributed by atoms with E-state index in [1.54, 1.807) is 29.8 Å². The van der Waals surface area contributed by atoms with Crippen molar-refractivity contribution >= 4 is 46.0 Å². The number of Topliss-reactive ketones (excluding diaryl/α,β-unsaturated/α-hetero) is 1. The monoisotopic (exact) mass is 523 g/mol. The normalized spacial score (nSPS) is 17.8. The van der Waals surface area contributed by atoms with Crippen LogP contribution < -0.4 is 10.6 Å². The van der Waals surface area contributed by atoms with Gasteiger partial charge in [-0.2, -0.15) is 13.2 Å². The van der Waals surface area contributed by atoms with Gasteiger partial charge in [-0.25, -0.2) is 0 Å². The Kier molecular flexibility index (Phi) is 7.44. The van der Waals surface area contributed by atoms with Crippen molar-refractivity contribution in [2.24, 2.45) is 5.41 Å². The minimum absolute atomic E-state index is 0.00634. The number of halogens is 4. The summed E-state index contributed by atoms with van der Waals surface area (Å²) in [5, 5.41) is 5.62. The predicted molar refractivity (Wildman–Crippen MR) is 127 cm³/mol. The number of nitrogens with one attached hydrogen (secondary N) is 2. The van der Waals surface area contributed by atoms with Crippen LogP contribution >= 0.6 is 22.9 Å². The van der Waals surface area contributed by atoms with Gasteiger partial charge < -0.3 is 15.4 Å². The van der Waals surface area contributed by atoms with Gasteiger partial charge in [0.1, 0.15) is 0 Å². The van der Waals surface area contributed by atoms with Crippen molar-refractivity contribution in [3.05, 3.63) is 75.2 Å². The first-order valence-electron chi connectivity index (χ1n) is 10.7. The van der Waals surface area contributed by atoms with Gasteiger partial charge in [0.25, 0.3) is 0 Å². The number of ketones is 1. The van der Waals surface area contributed by atoms with Crippen LogP contribution in [0.5, 0.6) is 0 Å². The van der Waals surface area contributed by atoms with Crippen LogP contribution in [0.1, 0.15) is 33.6 Å². The number of benzene rings is 2. The highest BCUT2D eigenvalue weighted by atomic mass is 35.5. The summed E-state index contributed by atoms with van der Waals surface area (Å²) < 4.78 is 45.4. The molecule has 0 aliphatic carbocycles. The Bertz CT molecular complexity index is 1190. The highest BCUT2D eigenvalue weighted by Gasteiger charge is 2.44. The van der Waals surface area contributed by atoms with E-state index >= 15 is 0 Å². The Morgan fingerprint density at radius 2 is 1.94 bits per heavy atom. The van der Waals surface area contributed by atoms with Crippen molar-refractivity contribution in [2.45, 2.75) is 25.6 Å². The number of carbonyl (C=O) groups is 2. The number of anilines is 2. The van der Waals surface area contributed by atoms with Crippen LogP contribution in [0.25, 0.3) is 0 Å². The van der Waals surface area contributed by atoms with Gasteiger partial charge in [-0.3, -0.25) is 14.6 Å². The Balaban J connectivity index is 1.39. The molecule has 184 valence electrons. The van der Waals surface area contributed by atoms with Crippen molar-refractivity contribution in [3.8, 4) is 0 Å². The number of thiazole rings is 1. The lowest BCUT2D eigenvalue weighted by Crippen LogP contribution is -2.42. The zero-order valence-corrected chi connectivity index (χ0v) is 19.9. The van der Waals surface area contributed by atoms with E-state index in [0.717, 1.165) is 11.6 Å². The second-order valence-electron chi connectivity index (χ2n) is 8.24. The molecule has 11 heteroatoms. The van der Waals surface area contributed by atoms with E-state index < -0.39 is 17.2 Å². The van der Waals surface area contributed by atoms with Gasteiger partial charge in [0.2, 0.25) is 5.91 Å². The van der Waals surface area contributed by atoms with E-state index in [-0.39, 0.29) is 42.0 Å². The van der Waals surface area contributed by atoms with Gasteiger partial charge in [-0.15, -0.1) is 11.3 Å². The van der Waals surface area contributed by atoms with Gasteiger partial charge in [-0.1, -0.05) is 23.7 Å².